The first-order valence-corrected chi connectivity index (χ1v) is 12.7. The van der Waals surface area contributed by atoms with Crippen molar-refractivity contribution in [3.8, 4) is 11.1 Å². The quantitative estimate of drug-likeness (QED) is 0.390. The summed E-state index contributed by atoms with van der Waals surface area (Å²) >= 11 is 0. The number of carboxylic acids is 1. The lowest BCUT2D eigenvalue weighted by Crippen LogP contribution is -2.34. The van der Waals surface area contributed by atoms with Crippen LogP contribution in [0.1, 0.15) is 81.9 Å². The van der Waals surface area contributed by atoms with E-state index in [1.165, 1.54) is 0 Å². The van der Waals surface area contributed by atoms with Crippen LogP contribution in [0, 0.1) is 11.8 Å². The number of piperidine rings is 1. The molecule has 0 amide bonds. The number of hydrogen-bond donors (Lipinski definition) is 1. The predicted molar refractivity (Wildman–Crippen MR) is 135 cm³/mol. The number of carbonyl (C=O) groups is 1. The van der Waals surface area contributed by atoms with Crippen molar-refractivity contribution >= 4 is 5.97 Å². The number of halogens is 3. The number of alkyl halides is 3. The summed E-state index contributed by atoms with van der Waals surface area (Å²) in [6, 6.07) is 11.8. The highest BCUT2D eigenvalue weighted by Gasteiger charge is 2.41. The highest BCUT2D eigenvalue weighted by molar-refractivity contribution is 5.80. The number of hydrogen-bond acceptors (Lipinski definition) is 2. The van der Waals surface area contributed by atoms with Gasteiger partial charge in [-0.2, -0.15) is 13.2 Å². The summed E-state index contributed by atoms with van der Waals surface area (Å²) in [6.07, 6.45) is -1.66. The highest BCUT2D eigenvalue weighted by atomic mass is 19.4. The van der Waals surface area contributed by atoms with Gasteiger partial charge in [0.2, 0.25) is 0 Å². The van der Waals surface area contributed by atoms with Gasteiger partial charge >= 0.3 is 12.1 Å². The van der Waals surface area contributed by atoms with Crippen LogP contribution in [-0.2, 0) is 11.0 Å². The zero-order valence-electron chi connectivity index (χ0n) is 21.2. The molecule has 1 heterocycles. The van der Waals surface area contributed by atoms with Crippen molar-refractivity contribution < 1.29 is 23.1 Å². The van der Waals surface area contributed by atoms with E-state index in [1.807, 2.05) is 13.8 Å². The van der Waals surface area contributed by atoms with Gasteiger partial charge < -0.3 is 10.0 Å². The Bertz CT molecular complexity index is 977. The first kappa shape index (κ1) is 27.3. The Balaban J connectivity index is 2.10. The second kappa shape index (κ2) is 11.6. The molecule has 1 saturated heterocycles. The number of likely N-dealkylation sites (tertiary alicyclic amines) is 1. The smallest absolute Gasteiger partial charge is 0.417 e. The van der Waals surface area contributed by atoms with Crippen LogP contribution in [0.15, 0.2) is 42.5 Å². The molecule has 0 spiro atoms. The SMILES string of the molecule is CC(C)CCN1CCC(c2cc(-c3ccccc3)c(C(F)(F)F)c(C(CC(C)C)C(=O)O)c2)CC1. The molecule has 192 valence electrons. The maximum absolute atomic E-state index is 14.5. The van der Waals surface area contributed by atoms with Gasteiger partial charge in [-0.3, -0.25) is 4.79 Å². The van der Waals surface area contributed by atoms with Crippen molar-refractivity contribution in [1.82, 2.24) is 4.90 Å². The van der Waals surface area contributed by atoms with Crippen molar-refractivity contribution in [3.05, 3.63) is 59.2 Å². The third kappa shape index (κ3) is 7.09. The lowest BCUT2D eigenvalue weighted by Gasteiger charge is -2.33. The minimum absolute atomic E-state index is 0.0507. The fourth-order valence-electron chi connectivity index (χ4n) is 5.12. The van der Waals surface area contributed by atoms with Crippen LogP contribution in [0.5, 0.6) is 0 Å². The van der Waals surface area contributed by atoms with Crippen LogP contribution in [0.25, 0.3) is 11.1 Å². The minimum atomic E-state index is -4.66. The summed E-state index contributed by atoms with van der Waals surface area (Å²) in [5, 5.41) is 9.99. The van der Waals surface area contributed by atoms with Crippen molar-refractivity contribution in [2.75, 3.05) is 19.6 Å². The Morgan fingerprint density at radius 2 is 1.66 bits per heavy atom. The Kier molecular flexibility index (Phi) is 9.03. The van der Waals surface area contributed by atoms with Crippen LogP contribution in [-0.4, -0.2) is 35.6 Å². The van der Waals surface area contributed by atoms with Crippen molar-refractivity contribution in [2.45, 2.75) is 71.4 Å². The van der Waals surface area contributed by atoms with E-state index in [4.69, 9.17) is 0 Å². The number of carboxylic acid groups (broad SMARTS) is 1. The molecule has 35 heavy (non-hydrogen) atoms. The molecule has 2 aromatic carbocycles. The van der Waals surface area contributed by atoms with E-state index in [2.05, 4.69) is 18.7 Å². The fraction of sp³-hybridized carbons (Fsp3) is 0.552. The minimum Gasteiger partial charge on any atom is -0.481 e. The summed E-state index contributed by atoms with van der Waals surface area (Å²) < 4.78 is 43.6. The van der Waals surface area contributed by atoms with Gasteiger partial charge in [0, 0.05) is 0 Å². The Labute approximate surface area is 207 Å². The second-order valence-corrected chi connectivity index (χ2v) is 10.7. The molecule has 0 saturated carbocycles. The van der Waals surface area contributed by atoms with Gasteiger partial charge in [-0.05, 0) is 85.3 Å². The summed E-state index contributed by atoms with van der Waals surface area (Å²) in [4.78, 5) is 14.7. The van der Waals surface area contributed by atoms with Gasteiger partial charge in [-0.25, -0.2) is 0 Å². The van der Waals surface area contributed by atoms with E-state index in [0.717, 1.165) is 44.5 Å². The Morgan fingerprint density at radius 1 is 1.03 bits per heavy atom. The van der Waals surface area contributed by atoms with Gasteiger partial charge in [-0.15, -0.1) is 0 Å². The molecule has 0 bridgehead atoms. The number of aliphatic carboxylic acids is 1. The number of benzene rings is 2. The molecule has 2 aromatic rings. The molecule has 3 nitrogen and oxygen atoms in total. The number of rotatable bonds is 9. The van der Waals surface area contributed by atoms with Gasteiger partial charge in [0.05, 0.1) is 11.5 Å². The molecule has 0 aromatic heterocycles. The molecule has 1 atom stereocenters. The molecule has 1 aliphatic rings. The first-order chi connectivity index (χ1) is 16.5. The van der Waals surface area contributed by atoms with Gasteiger partial charge in [0.25, 0.3) is 0 Å². The van der Waals surface area contributed by atoms with E-state index in [1.54, 1.807) is 42.5 Å². The largest absolute Gasteiger partial charge is 0.481 e. The lowest BCUT2D eigenvalue weighted by atomic mass is 9.79. The molecule has 1 aliphatic heterocycles. The topological polar surface area (TPSA) is 40.5 Å². The molecule has 1 unspecified atom stereocenters. The zero-order valence-corrected chi connectivity index (χ0v) is 21.2. The molecule has 6 heteroatoms. The maximum Gasteiger partial charge on any atom is 0.417 e. The maximum atomic E-state index is 14.5. The van der Waals surface area contributed by atoms with E-state index in [-0.39, 0.29) is 29.4 Å². The van der Waals surface area contributed by atoms with Gasteiger partial charge in [0.15, 0.2) is 0 Å². The molecule has 1 N–H and O–H groups in total. The summed E-state index contributed by atoms with van der Waals surface area (Å²) in [5.41, 5.74) is 0.464. The predicted octanol–water partition coefficient (Wildman–Crippen LogP) is 7.81. The summed E-state index contributed by atoms with van der Waals surface area (Å²) in [5.74, 6) is -1.72. The van der Waals surface area contributed by atoms with E-state index in [0.29, 0.717) is 11.5 Å². The van der Waals surface area contributed by atoms with Crippen molar-refractivity contribution in [1.29, 1.82) is 0 Å². The molecular formula is C29H38F3NO2. The Morgan fingerprint density at radius 3 is 2.17 bits per heavy atom. The number of nitrogens with zero attached hydrogens (tertiary/aromatic N) is 1. The van der Waals surface area contributed by atoms with Gasteiger partial charge in [-0.1, -0.05) is 70.2 Å². The van der Waals surface area contributed by atoms with Crippen molar-refractivity contribution in [3.63, 3.8) is 0 Å². The van der Waals surface area contributed by atoms with Crippen LogP contribution in [0.3, 0.4) is 0 Å². The van der Waals surface area contributed by atoms with E-state index >= 15 is 0 Å². The molecular weight excluding hydrogens is 451 g/mol. The fourth-order valence-corrected chi connectivity index (χ4v) is 5.12. The molecule has 0 radical (unpaired) electrons. The van der Waals surface area contributed by atoms with Gasteiger partial charge in [0.1, 0.15) is 0 Å². The monoisotopic (exact) mass is 489 g/mol. The second-order valence-electron chi connectivity index (χ2n) is 10.7. The normalized spacial score (nSPS) is 16.7. The first-order valence-electron chi connectivity index (χ1n) is 12.7. The van der Waals surface area contributed by atoms with Crippen LogP contribution >= 0.6 is 0 Å². The third-order valence-electron chi connectivity index (χ3n) is 7.02. The molecule has 3 rings (SSSR count). The summed E-state index contributed by atoms with van der Waals surface area (Å²) in [7, 11) is 0. The highest BCUT2D eigenvalue weighted by Crippen LogP contribution is 2.45. The van der Waals surface area contributed by atoms with Crippen LogP contribution < -0.4 is 0 Å². The average molecular weight is 490 g/mol. The van der Waals surface area contributed by atoms with Crippen molar-refractivity contribution in [2.24, 2.45) is 11.8 Å². The third-order valence-corrected chi connectivity index (χ3v) is 7.02. The molecule has 0 aliphatic carbocycles. The summed E-state index contributed by atoms with van der Waals surface area (Å²) in [6.45, 7) is 10.9. The van der Waals surface area contributed by atoms with E-state index in [9.17, 15) is 23.1 Å². The van der Waals surface area contributed by atoms with Crippen LogP contribution in [0.4, 0.5) is 13.2 Å². The standard InChI is InChI=1S/C29H38F3NO2/c1-19(2)10-13-33-14-11-21(12-15-33)23-17-24(22-8-6-5-7-9-22)27(29(30,31)32)25(18-23)26(28(34)35)16-20(3)4/h5-9,17-21,26H,10-16H2,1-4H3,(H,34,35). The van der Waals surface area contributed by atoms with E-state index < -0.39 is 23.6 Å². The zero-order chi connectivity index (χ0) is 25.8. The molecule has 1 fully saturated rings. The van der Waals surface area contributed by atoms with Crippen LogP contribution in [0.2, 0.25) is 0 Å². The Hall–Kier alpha value is -2.34. The average Bonchev–Trinajstić information content (AvgIpc) is 2.80. The lowest BCUT2D eigenvalue weighted by molar-refractivity contribution is -0.141.